The predicted octanol–water partition coefficient (Wildman–Crippen LogP) is 1.75. The monoisotopic (exact) mass is 329 g/mol. The van der Waals surface area contributed by atoms with Gasteiger partial charge in [0.25, 0.3) is 0 Å². The van der Waals surface area contributed by atoms with Crippen LogP contribution in [-0.2, 0) is 9.53 Å². The number of pyridine rings is 1. The van der Waals surface area contributed by atoms with Crippen molar-refractivity contribution in [3.8, 4) is 0 Å². The Morgan fingerprint density at radius 1 is 1.33 bits per heavy atom. The van der Waals surface area contributed by atoms with E-state index in [1.54, 1.807) is 6.20 Å². The highest BCUT2D eigenvalue weighted by Crippen LogP contribution is 2.48. The molecular weight excluding hydrogens is 302 g/mol. The fourth-order valence-electron chi connectivity index (χ4n) is 4.42. The van der Waals surface area contributed by atoms with Gasteiger partial charge in [0.15, 0.2) is 0 Å². The summed E-state index contributed by atoms with van der Waals surface area (Å²) >= 11 is 0. The summed E-state index contributed by atoms with van der Waals surface area (Å²) in [5.74, 6) is 1.52. The summed E-state index contributed by atoms with van der Waals surface area (Å²) < 4.78 is 5.49. The molecule has 3 aliphatic rings. The molecule has 2 saturated heterocycles. The maximum Gasteiger partial charge on any atom is 0.226 e. The first-order valence-electron chi connectivity index (χ1n) is 9.28. The number of rotatable bonds is 4. The van der Waals surface area contributed by atoms with Crippen LogP contribution in [0.15, 0.2) is 24.5 Å². The Morgan fingerprint density at radius 3 is 2.88 bits per heavy atom. The molecule has 0 unspecified atom stereocenters. The summed E-state index contributed by atoms with van der Waals surface area (Å²) in [6, 6.07) is 4.57. The molecule has 3 fully saturated rings. The van der Waals surface area contributed by atoms with E-state index in [9.17, 15) is 4.79 Å². The van der Waals surface area contributed by atoms with E-state index in [1.807, 2.05) is 12.3 Å². The molecule has 0 N–H and O–H groups in total. The van der Waals surface area contributed by atoms with Gasteiger partial charge < -0.3 is 9.64 Å². The maximum absolute atomic E-state index is 12.9. The van der Waals surface area contributed by atoms with Crippen molar-refractivity contribution in [2.45, 2.75) is 31.7 Å². The van der Waals surface area contributed by atoms with Crippen molar-refractivity contribution in [1.29, 1.82) is 0 Å². The number of ether oxygens (including phenoxy) is 1. The van der Waals surface area contributed by atoms with E-state index < -0.39 is 0 Å². The van der Waals surface area contributed by atoms with Crippen molar-refractivity contribution >= 4 is 5.91 Å². The lowest BCUT2D eigenvalue weighted by atomic mass is 9.99. The highest BCUT2D eigenvalue weighted by atomic mass is 16.5. The normalized spacial score (nSPS) is 33.6. The fraction of sp³-hybridized carbons (Fsp3) is 0.684. The molecule has 5 heteroatoms. The van der Waals surface area contributed by atoms with Crippen molar-refractivity contribution in [3.63, 3.8) is 0 Å². The third-order valence-corrected chi connectivity index (χ3v) is 5.98. The Morgan fingerprint density at radius 2 is 2.17 bits per heavy atom. The Hall–Kier alpha value is -1.46. The number of nitrogens with zero attached hydrogens (tertiary/aromatic N) is 3. The molecule has 24 heavy (non-hydrogen) atoms. The van der Waals surface area contributed by atoms with E-state index in [0.717, 1.165) is 52.2 Å². The number of carbonyl (C=O) groups excluding carboxylic acids is 1. The van der Waals surface area contributed by atoms with Gasteiger partial charge in [0.2, 0.25) is 5.91 Å². The number of likely N-dealkylation sites (tertiary alicyclic amines) is 1. The number of amides is 1. The van der Waals surface area contributed by atoms with E-state index in [-0.39, 0.29) is 5.92 Å². The first kappa shape index (κ1) is 16.0. The molecule has 4 rings (SSSR count). The zero-order valence-corrected chi connectivity index (χ0v) is 14.4. The molecule has 3 heterocycles. The van der Waals surface area contributed by atoms with Gasteiger partial charge in [-0.05, 0) is 29.9 Å². The van der Waals surface area contributed by atoms with Gasteiger partial charge in [-0.25, -0.2) is 0 Å². The minimum absolute atomic E-state index is 0.176. The first-order valence-corrected chi connectivity index (χ1v) is 9.28. The Kier molecular flexibility index (Phi) is 4.55. The quantitative estimate of drug-likeness (QED) is 0.844. The Labute approximate surface area is 144 Å². The van der Waals surface area contributed by atoms with Crippen LogP contribution in [0.2, 0.25) is 0 Å². The van der Waals surface area contributed by atoms with E-state index in [0.29, 0.717) is 23.8 Å². The summed E-state index contributed by atoms with van der Waals surface area (Å²) in [6.45, 7) is 7.73. The summed E-state index contributed by atoms with van der Waals surface area (Å²) in [5, 5.41) is 0. The van der Waals surface area contributed by atoms with Gasteiger partial charge in [-0.15, -0.1) is 0 Å². The van der Waals surface area contributed by atoms with Crippen LogP contribution in [-0.4, -0.2) is 66.1 Å². The van der Waals surface area contributed by atoms with Crippen LogP contribution >= 0.6 is 0 Å². The van der Waals surface area contributed by atoms with E-state index >= 15 is 0 Å². The lowest BCUT2D eigenvalue weighted by molar-refractivity contribution is -0.132. The number of hydrogen-bond donors (Lipinski definition) is 0. The lowest BCUT2D eigenvalue weighted by Gasteiger charge is -2.34. The summed E-state index contributed by atoms with van der Waals surface area (Å²) in [4.78, 5) is 21.8. The molecule has 130 valence electrons. The van der Waals surface area contributed by atoms with Crippen LogP contribution in [0.4, 0.5) is 0 Å². The predicted molar refractivity (Wildman–Crippen MR) is 91.6 cm³/mol. The van der Waals surface area contributed by atoms with Crippen LogP contribution in [0.1, 0.15) is 31.2 Å². The Balaban J connectivity index is 1.39. The molecule has 1 aliphatic carbocycles. The highest BCUT2D eigenvalue weighted by Gasteiger charge is 2.48. The molecule has 0 radical (unpaired) electrons. The van der Waals surface area contributed by atoms with Crippen LogP contribution in [0.5, 0.6) is 0 Å². The molecule has 0 spiro atoms. The topological polar surface area (TPSA) is 45.7 Å². The fourth-order valence-corrected chi connectivity index (χ4v) is 4.42. The van der Waals surface area contributed by atoms with Crippen molar-refractivity contribution in [2.24, 2.45) is 11.8 Å². The smallest absolute Gasteiger partial charge is 0.226 e. The number of carbonyl (C=O) groups is 1. The molecule has 2 aliphatic heterocycles. The third kappa shape index (κ3) is 3.07. The molecule has 0 aromatic carbocycles. The van der Waals surface area contributed by atoms with Crippen LogP contribution in [0, 0.1) is 11.8 Å². The number of aromatic nitrogens is 1. The van der Waals surface area contributed by atoms with Crippen molar-refractivity contribution in [2.75, 3.05) is 39.4 Å². The summed E-state index contributed by atoms with van der Waals surface area (Å²) in [7, 11) is 0. The minimum Gasteiger partial charge on any atom is -0.379 e. The standard InChI is InChI=1S/C19H27N3O2/c1-2-14-12-22(13-18(14)21-6-8-24-9-7-21)19(23)17-10-16(17)15-4-3-5-20-11-15/h3-5,11,14,16-18H,2,6-10,12-13H2,1H3/t14-,16-,17-,18-/m1/s1. The van der Waals surface area contributed by atoms with Crippen LogP contribution in [0.25, 0.3) is 0 Å². The molecule has 0 bridgehead atoms. The molecule has 5 nitrogen and oxygen atoms in total. The lowest BCUT2D eigenvalue weighted by Crippen LogP contribution is -2.47. The van der Waals surface area contributed by atoms with Gasteiger partial charge in [-0.2, -0.15) is 0 Å². The van der Waals surface area contributed by atoms with Crippen molar-refractivity contribution in [3.05, 3.63) is 30.1 Å². The van der Waals surface area contributed by atoms with Crippen LogP contribution < -0.4 is 0 Å². The molecule has 1 amide bonds. The highest BCUT2D eigenvalue weighted by molar-refractivity contribution is 5.83. The SMILES string of the molecule is CC[C@@H]1CN(C(=O)[C@@H]2C[C@@H]2c2cccnc2)C[C@H]1N1CCOCC1. The second-order valence-corrected chi connectivity index (χ2v) is 7.36. The average molecular weight is 329 g/mol. The second kappa shape index (κ2) is 6.81. The van der Waals surface area contributed by atoms with Crippen LogP contribution in [0.3, 0.4) is 0 Å². The van der Waals surface area contributed by atoms with E-state index in [2.05, 4.69) is 27.8 Å². The van der Waals surface area contributed by atoms with Crippen molar-refractivity contribution < 1.29 is 9.53 Å². The van der Waals surface area contributed by atoms with E-state index in [1.165, 1.54) is 5.56 Å². The largest absolute Gasteiger partial charge is 0.379 e. The van der Waals surface area contributed by atoms with Gasteiger partial charge >= 0.3 is 0 Å². The molecule has 1 aromatic rings. The molecule has 1 aromatic heterocycles. The average Bonchev–Trinajstić information content (AvgIpc) is 3.33. The van der Waals surface area contributed by atoms with Gasteiger partial charge in [0, 0.05) is 50.5 Å². The number of hydrogen-bond acceptors (Lipinski definition) is 4. The van der Waals surface area contributed by atoms with Gasteiger partial charge in [-0.1, -0.05) is 19.4 Å². The Bertz CT molecular complexity index is 573. The van der Waals surface area contributed by atoms with Gasteiger partial charge in [0.05, 0.1) is 13.2 Å². The van der Waals surface area contributed by atoms with Gasteiger partial charge in [-0.3, -0.25) is 14.7 Å². The third-order valence-electron chi connectivity index (χ3n) is 5.98. The molecule has 1 saturated carbocycles. The van der Waals surface area contributed by atoms with Gasteiger partial charge in [0.1, 0.15) is 0 Å². The zero-order valence-electron chi connectivity index (χ0n) is 14.4. The summed E-state index contributed by atoms with van der Waals surface area (Å²) in [6.07, 6.45) is 5.83. The van der Waals surface area contributed by atoms with Crippen molar-refractivity contribution in [1.82, 2.24) is 14.8 Å². The summed E-state index contributed by atoms with van der Waals surface area (Å²) in [5.41, 5.74) is 1.21. The number of morpholine rings is 1. The second-order valence-electron chi connectivity index (χ2n) is 7.36. The molecule has 4 atom stereocenters. The van der Waals surface area contributed by atoms with E-state index in [4.69, 9.17) is 4.74 Å². The minimum atomic E-state index is 0.176. The first-order chi connectivity index (χ1) is 11.8. The maximum atomic E-state index is 12.9. The zero-order chi connectivity index (χ0) is 16.5. The molecular formula is C19H27N3O2.